The molecule has 5 rings (SSSR count). The van der Waals surface area contributed by atoms with Crippen molar-refractivity contribution < 1.29 is 4.79 Å². The summed E-state index contributed by atoms with van der Waals surface area (Å²) >= 11 is 12.9. The van der Waals surface area contributed by atoms with E-state index in [2.05, 4.69) is 28.1 Å². The van der Waals surface area contributed by atoms with Crippen LogP contribution in [0.4, 0.5) is 5.69 Å². The van der Waals surface area contributed by atoms with Crippen molar-refractivity contribution >= 4 is 34.8 Å². The van der Waals surface area contributed by atoms with Gasteiger partial charge in [-0.25, -0.2) is 4.98 Å². The molecule has 0 saturated carbocycles. The summed E-state index contributed by atoms with van der Waals surface area (Å²) in [6.07, 6.45) is 0.873. The SMILES string of the molecule is Cc1c(Cl)cccc1N1CCN(CCCNC(=O)c2nc(-c3ccccc3)n(-c3ccccc3Cl)c2C)CC1. The standard InChI is InChI=1S/C31H33Cl2N5O/c1-22-25(32)13-8-15-27(22)37-20-18-36(19-21-37)17-9-16-34-31(39)29-23(2)38(28-14-7-6-12-26(28)33)30(35-29)24-10-4-3-5-11-24/h3-8,10-15H,9,16-21H2,1-2H3,(H,34,39). The smallest absolute Gasteiger partial charge is 0.271 e. The molecule has 2 heterocycles. The predicted molar refractivity (Wildman–Crippen MR) is 161 cm³/mol. The van der Waals surface area contributed by atoms with E-state index in [-0.39, 0.29) is 5.91 Å². The summed E-state index contributed by atoms with van der Waals surface area (Å²) in [7, 11) is 0. The quantitative estimate of drug-likeness (QED) is 0.253. The van der Waals surface area contributed by atoms with Gasteiger partial charge in [-0.2, -0.15) is 0 Å². The molecule has 6 nitrogen and oxygen atoms in total. The average molecular weight is 563 g/mol. The fourth-order valence-corrected chi connectivity index (χ4v) is 5.55. The number of aromatic nitrogens is 2. The van der Waals surface area contributed by atoms with Gasteiger partial charge in [0, 0.05) is 49.0 Å². The first-order valence-corrected chi connectivity index (χ1v) is 14.1. The molecule has 1 N–H and O–H groups in total. The molecule has 3 aromatic carbocycles. The van der Waals surface area contributed by atoms with E-state index in [1.165, 1.54) is 5.69 Å². The van der Waals surface area contributed by atoms with Crippen molar-refractivity contribution in [3.05, 3.63) is 99.8 Å². The van der Waals surface area contributed by atoms with Crippen LogP contribution in [0.3, 0.4) is 0 Å². The number of amides is 1. The predicted octanol–water partition coefficient (Wildman–Crippen LogP) is 6.41. The topological polar surface area (TPSA) is 53.4 Å². The van der Waals surface area contributed by atoms with Crippen LogP contribution in [0.25, 0.3) is 17.1 Å². The molecule has 0 bridgehead atoms. The van der Waals surface area contributed by atoms with Gasteiger partial charge in [-0.15, -0.1) is 0 Å². The molecular formula is C31H33Cl2N5O. The Morgan fingerprint density at radius 2 is 1.51 bits per heavy atom. The molecule has 39 heavy (non-hydrogen) atoms. The van der Waals surface area contributed by atoms with E-state index < -0.39 is 0 Å². The van der Waals surface area contributed by atoms with E-state index in [1.54, 1.807) is 0 Å². The Hall–Kier alpha value is -3.32. The first kappa shape index (κ1) is 27.3. The van der Waals surface area contributed by atoms with Gasteiger partial charge in [0.1, 0.15) is 11.5 Å². The Morgan fingerprint density at radius 3 is 2.26 bits per heavy atom. The van der Waals surface area contributed by atoms with E-state index in [4.69, 9.17) is 28.2 Å². The van der Waals surface area contributed by atoms with Gasteiger partial charge in [0.2, 0.25) is 0 Å². The van der Waals surface area contributed by atoms with Crippen LogP contribution in [-0.4, -0.2) is 59.6 Å². The van der Waals surface area contributed by atoms with Crippen LogP contribution in [0.5, 0.6) is 0 Å². The molecule has 0 atom stereocenters. The maximum absolute atomic E-state index is 13.2. The van der Waals surface area contributed by atoms with Gasteiger partial charge in [0.15, 0.2) is 0 Å². The van der Waals surface area contributed by atoms with E-state index in [0.717, 1.165) is 66.7 Å². The van der Waals surface area contributed by atoms with Crippen molar-refractivity contribution in [2.45, 2.75) is 20.3 Å². The molecular weight excluding hydrogens is 529 g/mol. The number of nitrogens with zero attached hydrogens (tertiary/aromatic N) is 4. The Kier molecular flexibility index (Phi) is 8.56. The molecule has 1 aliphatic rings. The zero-order chi connectivity index (χ0) is 27.4. The number of carbonyl (C=O) groups excluding carboxylic acids is 1. The number of anilines is 1. The zero-order valence-corrected chi connectivity index (χ0v) is 23.8. The van der Waals surface area contributed by atoms with E-state index in [9.17, 15) is 4.79 Å². The van der Waals surface area contributed by atoms with E-state index in [1.807, 2.05) is 78.2 Å². The lowest BCUT2D eigenvalue weighted by atomic mass is 10.1. The molecule has 0 aliphatic carbocycles. The maximum Gasteiger partial charge on any atom is 0.271 e. The second-order valence-electron chi connectivity index (χ2n) is 9.84. The largest absolute Gasteiger partial charge is 0.369 e. The molecule has 0 unspecified atom stereocenters. The number of piperazine rings is 1. The van der Waals surface area contributed by atoms with Gasteiger partial charge in [-0.05, 0) is 56.6 Å². The number of benzene rings is 3. The summed E-state index contributed by atoms with van der Waals surface area (Å²) in [4.78, 5) is 22.9. The average Bonchev–Trinajstić information content (AvgIpc) is 3.30. The van der Waals surface area contributed by atoms with E-state index >= 15 is 0 Å². The molecule has 1 saturated heterocycles. The fourth-order valence-electron chi connectivity index (χ4n) is 5.16. The van der Waals surface area contributed by atoms with Crippen molar-refractivity contribution in [1.82, 2.24) is 19.8 Å². The molecule has 202 valence electrons. The second kappa shape index (κ2) is 12.2. The second-order valence-corrected chi connectivity index (χ2v) is 10.7. The van der Waals surface area contributed by atoms with Crippen LogP contribution in [0, 0.1) is 13.8 Å². The third kappa shape index (κ3) is 5.98. The summed E-state index contributed by atoms with van der Waals surface area (Å²) in [5, 5.41) is 4.50. The van der Waals surface area contributed by atoms with Gasteiger partial charge in [-0.1, -0.05) is 71.7 Å². The highest BCUT2D eigenvalue weighted by atomic mass is 35.5. The summed E-state index contributed by atoms with van der Waals surface area (Å²) < 4.78 is 1.97. The molecule has 1 amide bonds. The van der Waals surface area contributed by atoms with Gasteiger partial charge in [0.25, 0.3) is 5.91 Å². The number of nitrogens with one attached hydrogen (secondary N) is 1. The number of para-hydroxylation sites is 1. The van der Waals surface area contributed by atoms with Gasteiger partial charge >= 0.3 is 0 Å². The van der Waals surface area contributed by atoms with Crippen molar-refractivity contribution in [1.29, 1.82) is 0 Å². The number of hydrogen-bond acceptors (Lipinski definition) is 4. The summed E-state index contributed by atoms with van der Waals surface area (Å²) in [5.41, 5.74) is 5.25. The lowest BCUT2D eigenvalue weighted by molar-refractivity contribution is 0.0946. The molecule has 4 aromatic rings. The van der Waals surface area contributed by atoms with Crippen molar-refractivity contribution in [3.63, 3.8) is 0 Å². The third-order valence-electron chi connectivity index (χ3n) is 7.34. The highest BCUT2D eigenvalue weighted by Gasteiger charge is 2.23. The van der Waals surface area contributed by atoms with E-state index in [0.29, 0.717) is 23.1 Å². The Labute approximate surface area is 240 Å². The van der Waals surface area contributed by atoms with Crippen LogP contribution >= 0.6 is 23.2 Å². The number of imidazole rings is 1. The van der Waals surface area contributed by atoms with Gasteiger partial charge in [-0.3, -0.25) is 14.3 Å². The van der Waals surface area contributed by atoms with Crippen molar-refractivity contribution in [2.24, 2.45) is 0 Å². The minimum absolute atomic E-state index is 0.170. The number of carbonyl (C=O) groups is 1. The van der Waals surface area contributed by atoms with Gasteiger partial charge < -0.3 is 10.2 Å². The lowest BCUT2D eigenvalue weighted by Gasteiger charge is -2.37. The first-order chi connectivity index (χ1) is 18.9. The molecule has 8 heteroatoms. The van der Waals surface area contributed by atoms with Crippen molar-refractivity contribution in [3.8, 4) is 17.1 Å². The van der Waals surface area contributed by atoms with Crippen molar-refractivity contribution in [2.75, 3.05) is 44.2 Å². The zero-order valence-electron chi connectivity index (χ0n) is 22.3. The third-order valence-corrected chi connectivity index (χ3v) is 8.07. The normalized spacial score (nSPS) is 14.0. The number of halogens is 2. The van der Waals surface area contributed by atoms with Crippen LogP contribution in [0.2, 0.25) is 10.0 Å². The molecule has 1 fully saturated rings. The fraction of sp³-hybridized carbons (Fsp3) is 0.290. The molecule has 1 aromatic heterocycles. The molecule has 1 aliphatic heterocycles. The van der Waals surface area contributed by atoms with Crippen LogP contribution in [0.1, 0.15) is 28.2 Å². The maximum atomic E-state index is 13.2. The molecule has 0 spiro atoms. The van der Waals surface area contributed by atoms with Gasteiger partial charge in [0.05, 0.1) is 16.4 Å². The summed E-state index contributed by atoms with van der Waals surface area (Å²) in [6, 6.07) is 23.6. The lowest BCUT2D eigenvalue weighted by Crippen LogP contribution is -2.47. The summed E-state index contributed by atoms with van der Waals surface area (Å²) in [6.45, 7) is 9.43. The highest BCUT2D eigenvalue weighted by molar-refractivity contribution is 6.32. The van der Waals surface area contributed by atoms with Crippen LogP contribution < -0.4 is 10.2 Å². The first-order valence-electron chi connectivity index (χ1n) is 13.3. The van der Waals surface area contributed by atoms with Crippen LogP contribution in [0.15, 0.2) is 72.8 Å². The Morgan fingerprint density at radius 1 is 0.846 bits per heavy atom. The minimum Gasteiger partial charge on any atom is -0.369 e. The Bertz CT molecular complexity index is 1440. The summed E-state index contributed by atoms with van der Waals surface area (Å²) in [5.74, 6) is 0.524. The monoisotopic (exact) mass is 561 g/mol. The number of rotatable bonds is 8. The highest BCUT2D eigenvalue weighted by Crippen LogP contribution is 2.30. The number of hydrogen-bond donors (Lipinski definition) is 1. The van der Waals surface area contributed by atoms with Crippen LogP contribution in [-0.2, 0) is 0 Å². The molecule has 0 radical (unpaired) electrons. The minimum atomic E-state index is -0.170. The Balaban J connectivity index is 1.20.